The lowest BCUT2D eigenvalue weighted by atomic mass is 10.1. The second kappa shape index (κ2) is 7.71. The van der Waals surface area contributed by atoms with Crippen molar-refractivity contribution in [3.63, 3.8) is 0 Å². The van der Waals surface area contributed by atoms with Crippen LogP contribution in [-0.4, -0.2) is 56.5 Å². The van der Waals surface area contributed by atoms with Crippen LogP contribution in [0.15, 0.2) is 0 Å². The zero-order chi connectivity index (χ0) is 13.5. The van der Waals surface area contributed by atoms with E-state index in [9.17, 15) is 4.79 Å². The van der Waals surface area contributed by atoms with Crippen LogP contribution in [0.3, 0.4) is 0 Å². The summed E-state index contributed by atoms with van der Waals surface area (Å²) >= 11 is 0. The molecule has 0 bridgehead atoms. The standard InChI is InChI=1S/C13H26N2O3/c1-5-11-13(16)15(12(14-11)10(2)3)6-7-18-9-8-17-4/h10-12,14H,5-9H2,1-4H3. The lowest BCUT2D eigenvalue weighted by Gasteiger charge is -2.27. The minimum absolute atomic E-state index is 0.0311. The Labute approximate surface area is 110 Å². The molecule has 1 amide bonds. The molecule has 1 aliphatic rings. The number of rotatable bonds is 8. The quantitative estimate of drug-likeness (QED) is 0.656. The molecule has 0 aromatic carbocycles. The number of methoxy groups -OCH3 is 1. The van der Waals surface area contributed by atoms with Crippen LogP contribution in [0.2, 0.25) is 0 Å². The van der Waals surface area contributed by atoms with Gasteiger partial charge in [-0.05, 0) is 12.3 Å². The van der Waals surface area contributed by atoms with Gasteiger partial charge in [0.15, 0.2) is 0 Å². The van der Waals surface area contributed by atoms with Crippen LogP contribution in [0.25, 0.3) is 0 Å². The maximum absolute atomic E-state index is 12.2. The molecule has 0 aromatic heterocycles. The van der Waals surface area contributed by atoms with E-state index in [0.29, 0.717) is 32.3 Å². The molecule has 2 atom stereocenters. The van der Waals surface area contributed by atoms with Crippen LogP contribution >= 0.6 is 0 Å². The highest BCUT2D eigenvalue weighted by atomic mass is 16.5. The Morgan fingerprint density at radius 3 is 2.61 bits per heavy atom. The van der Waals surface area contributed by atoms with Crippen molar-refractivity contribution in [1.29, 1.82) is 0 Å². The lowest BCUT2D eigenvalue weighted by Crippen LogP contribution is -2.43. The molecule has 0 radical (unpaired) electrons. The van der Waals surface area contributed by atoms with Crippen molar-refractivity contribution < 1.29 is 14.3 Å². The summed E-state index contributed by atoms with van der Waals surface area (Å²) in [6.07, 6.45) is 0.969. The zero-order valence-corrected chi connectivity index (χ0v) is 11.9. The van der Waals surface area contributed by atoms with Crippen molar-refractivity contribution >= 4 is 5.91 Å². The minimum Gasteiger partial charge on any atom is -0.382 e. The largest absolute Gasteiger partial charge is 0.382 e. The highest BCUT2D eigenvalue weighted by Gasteiger charge is 2.38. The Morgan fingerprint density at radius 1 is 1.33 bits per heavy atom. The van der Waals surface area contributed by atoms with Crippen molar-refractivity contribution in [3.05, 3.63) is 0 Å². The van der Waals surface area contributed by atoms with Crippen molar-refractivity contribution in [2.75, 3.05) is 33.5 Å². The van der Waals surface area contributed by atoms with Crippen LogP contribution < -0.4 is 5.32 Å². The maximum Gasteiger partial charge on any atom is 0.241 e. The number of hydrogen-bond acceptors (Lipinski definition) is 4. The van der Waals surface area contributed by atoms with E-state index in [-0.39, 0.29) is 18.1 Å². The fourth-order valence-corrected chi connectivity index (χ4v) is 2.21. The van der Waals surface area contributed by atoms with E-state index in [1.54, 1.807) is 7.11 Å². The van der Waals surface area contributed by atoms with Crippen LogP contribution in [0.1, 0.15) is 27.2 Å². The molecular weight excluding hydrogens is 232 g/mol. The number of hydrogen-bond donors (Lipinski definition) is 1. The fraction of sp³-hybridized carbons (Fsp3) is 0.923. The lowest BCUT2D eigenvalue weighted by molar-refractivity contribution is -0.131. The normalized spacial score (nSPS) is 24.3. The summed E-state index contributed by atoms with van der Waals surface area (Å²) in [4.78, 5) is 14.1. The average Bonchev–Trinajstić information content (AvgIpc) is 2.66. The van der Waals surface area contributed by atoms with Crippen molar-refractivity contribution in [1.82, 2.24) is 10.2 Å². The van der Waals surface area contributed by atoms with Gasteiger partial charge in [0.05, 0.1) is 32.0 Å². The highest BCUT2D eigenvalue weighted by Crippen LogP contribution is 2.18. The van der Waals surface area contributed by atoms with Gasteiger partial charge in [-0.15, -0.1) is 0 Å². The summed E-state index contributed by atoms with van der Waals surface area (Å²) in [5.74, 6) is 0.607. The molecule has 1 rings (SSSR count). The first-order chi connectivity index (χ1) is 8.61. The van der Waals surface area contributed by atoms with Gasteiger partial charge in [-0.25, -0.2) is 0 Å². The van der Waals surface area contributed by atoms with Crippen LogP contribution in [0.4, 0.5) is 0 Å². The third kappa shape index (κ3) is 3.93. The molecule has 0 aromatic rings. The number of amides is 1. The third-order valence-corrected chi connectivity index (χ3v) is 3.24. The van der Waals surface area contributed by atoms with E-state index in [4.69, 9.17) is 9.47 Å². The van der Waals surface area contributed by atoms with Gasteiger partial charge in [0.25, 0.3) is 0 Å². The SMILES string of the molecule is CCC1NC(C(C)C)N(CCOCCOC)C1=O. The van der Waals surface area contributed by atoms with Crippen molar-refractivity contribution in [2.24, 2.45) is 5.92 Å². The molecule has 2 unspecified atom stereocenters. The first-order valence-electron chi connectivity index (χ1n) is 6.75. The zero-order valence-electron chi connectivity index (χ0n) is 11.9. The second-order valence-electron chi connectivity index (χ2n) is 4.95. The fourth-order valence-electron chi connectivity index (χ4n) is 2.21. The van der Waals surface area contributed by atoms with E-state index in [1.165, 1.54) is 0 Å². The van der Waals surface area contributed by atoms with Gasteiger partial charge in [-0.2, -0.15) is 0 Å². The first-order valence-corrected chi connectivity index (χ1v) is 6.75. The van der Waals surface area contributed by atoms with E-state index < -0.39 is 0 Å². The van der Waals surface area contributed by atoms with Gasteiger partial charge < -0.3 is 14.4 Å². The van der Waals surface area contributed by atoms with E-state index >= 15 is 0 Å². The Kier molecular flexibility index (Phi) is 6.60. The van der Waals surface area contributed by atoms with Crippen LogP contribution in [0, 0.1) is 5.92 Å². The monoisotopic (exact) mass is 258 g/mol. The molecule has 0 saturated carbocycles. The Balaban J connectivity index is 2.42. The molecule has 1 saturated heterocycles. The van der Waals surface area contributed by atoms with Crippen molar-refractivity contribution in [2.45, 2.75) is 39.4 Å². The molecular formula is C13H26N2O3. The molecule has 18 heavy (non-hydrogen) atoms. The topological polar surface area (TPSA) is 50.8 Å². The molecule has 5 heteroatoms. The molecule has 0 aliphatic carbocycles. The summed E-state index contributed by atoms with van der Waals surface area (Å²) < 4.78 is 10.3. The summed E-state index contributed by atoms with van der Waals surface area (Å²) in [5.41, 5.74) is 0. The summed E-state index contributed by atoms with van der Waals surface area (Å²) in [6, 6.07) is -0.0311. The average molecular weight is 258 g/mol. The molecule has 1 heterocycles. The number of nitrogens with one attached hydrogen (secondary N) is 1. The highest BCUT2D eigenvalue weighted by molar-refractivity contribution is 5.84. The molecule has 5 nitrogen and oxygen atoms in total. The maximum atomic E-state index is 12.2. The Hall–Kier alpha value is -0.650. The summed E-state index contributed by atoms with van der Waals surface area (Å²) in [5, 5.41) is 3.39. The number of carbonyl (C=O) groups is 1. The van der Waals surface area contributed by atoms with Gasteiger partial charge in [0.2, 0.25) is 5.91 Å². The van der Waals surface area contributed by atoms with Crippen LogP contribution in [0.5, 0.6) is 0 Å². The molecule has 1 fully saturated rings. The van der Waals surface area contributed by atoms with Gasteiger partial charge in [0, 0.05) is 13.7 Å². The number of ether oxygens (including phenoxy) is 2. The van der Waals surface area contributed by atoms with Crippen LogP contribution in [-0.2, 0) is 14.3 Å². The molecule has 1 aliphatic heterocycles. The van der Waals surface area contributed by atoms with E-state index in [0.717, 1.165) is 6.42 Å². The van der Waals surface area contributed by atoms with Crippen molar-refractivity contribution in [3.8, 4) is 0 Å². The van der Waals surface area contributed by atoms with Gasteiger partial charge >= 0.3 is 0 Å². The second-order valence-corrected chi connectivity index (χ2v) is 4.95. The summed E-state index contributed by atoms with van der Waals surface area (Å²) in [6.45, 7) is 8.67. The van der Waals surface area contributed by atoms with E-state index in [1.807, 2.05) is 11.8 Å². The minimum atomic E-state index is -0.0311. The summed E-state index contributed by atoms with van der Waals surface area (Å²) in [7, 11) is 1.65. The Morgan fingerprint density at radius 2 is 2.06 bits per heavy atom. The number of carbonyl (C=O) groups excluding carboxylic acids is 1. The smallest absolute Gasteiger partial charge is 0.241 e. The molecule has 0 spiro atoms. The van der Waals surface area contributed by atoms with Gasteiger partial charge in [-0.3, -0.25) is 10.1 Å². The van der Waals surface area contributed by atoms with Gasteiger partial charge in [-0.1, -0.05) is 20.8 Å². The number of nitrogens with zero attached hydrogens (tertiary/aromatic N) is 1. The Bertz CT molecular complexity index is 259. The van der Waals surface area contributed by atoms with Gasteiger partial charge in [0.1, 0.15) is 0 Å². The first kappa shape index (κ1) is 15.4. The molecule has 106 valence electrons. The predicted octanol–water partition coefficient (Wildman–Crippen LogP) is 0.842. The predicted molar refractivity (Wildman–Crippen MR) is 70.2 cm³/mol. The van der Waals surface area contributed by atoms with E-state index in [2.05, 4.69) is 19.2 Å². The molecule has 1 N–H and O–H groups in total. The third-order valence-electron chi connectivity index (χ3n) is 3.24.